The molecule has 2 aromatic carbocycles. The van der Waals surface area contributed by atoms with Crippen molar-refractivity contribution in [2.45, 2.75) is 4.90 Å². The van der Waals surface area contributed by atoms with Crippen molar-refractivity contribution in [3.8, 4) is 5.75 Å². The van der Waals surface area contributed by atoms with E-state index in [1.54, 1.807) is 55.6 Å². The lowest BCUT2D eigenvalue weighted by Gasteiger charge is -2.11. The van der Waals surface area contributed by atoms with Gasteiger partial charge in [0.15, 0.2) is 6.61 Å². The maximum atomic E-state index is 12.4. The van der Waals surface area contributed by atoms with Crippen molar-refractivity contribution in [1.82, 2.24) is 5.32 Å². The highest BCUT2D eigenvalue weighted by atomic mass is 32.2. The fourth-order valence-electron chi connectivity index (χ4n) is 2.39. The minimum absolute atomic E-state index is 0.141. The lowest BCUT2D eigenvalue weighted by atomic mass is 10.2. The number of carbonyl (C=O) groups is 3. The van der Waals surface area contributed by atoms with Crippen LogP contribution in [0, 0.1) is 0 Å². The van der Waals surface area contributed by atoms with Gasteiger partial charge in [-0.3, -0.25) is 9.59 Å². The van der Waals surface area contributed by atoms with E-state index < -0.39 is 18.5 Å². The fourth-order valence-corrected chi connectivity index (χ4v) is 3.26. The summed E-state index contributed by atoms with van der Waals surface area (Å²) in [4.78, 5) is 37.0. The van der Waals surface area contributed by atoms with Crippen LogP contribution in [-0.2, 0) is 19.1 Å². The quantitative estimate of drug-likeness (QED) is 0.319. The van der Waals surface area contributed by atoms with Gasteiger partial charge in [-0.05, 0) is 24.3 Å². The summed E-state index contributed by atoms with van der Waals surface area (Å²) in [6.45, 7) is 0.393. The molecule has 0 aliphatic rings. The van der Waals surface area contributed by atoms with Gasteiger partial charge in [0.25, 0.3) is 5.91 Å². The Hall–Kier alpha value is -3.04. The van der Waals surface area contributed by atoms with Crippen LogP contribution in [0.25, 0.3) is 0 Å². The Morgan fingerprint density at radius 1 is 0.967 bits per heavy atom. The van der Waals surface area contributed by atoms with E-state index in [9.17, 15) is 14.4 Å². The SMILES string of the molecule is COCCNC(=O)CSc1ccccc1C(=O)OCC(=O)Nc1ccccc1OC. The third-order valence-electron chi connectivity index (χ3n) is 3.81. The molecule has 0 saturated carbocycles. The largest absolute Gasteiger partial charge is 0.495 e. The molecule has 0 unspecified atom stereocenters. The Balaban J connectivity index is 1.89. The highest BCUT2D eigenvalue weighted by Gasteiger charge is 2.16. The Labute approximate surface area is 179 Å². The van der Waals surface area contributed by atoms with E-state index in [0.717, 1.165) is 0 Å². The third kappa shape index (κ3) is 7.41. The number of carbonyl (C=O) groups excluding carboxylic acids is 3. The van der Waals surface area contributed by atoms with E-state index in [4.69, 9.17) is 14.2 Å². The van der Waals surface area contributed by atoms with Crippen LogP contribution in [0.1, 0.15) is 10.4 Å². The second kappa shape index (κ2) is 12.5. The van der Waals surface area contributed by atoms with Crippen LogP contribution >= 0.6 is 11.8 Å². The van der Waals surface area contributed by atoms with Crippen molar-refractivity contribution < 1.29 is 28.6 Å². The Kier molecular flexibility index (Phi) is 9.69. The maximum Gasteiger partial charge on any atom is 0.339 e. The van der Waals surface area contributed by atoms with Gasteiger partial charge in [-0.25, -0.2) is 4.79 Å². The first-order valence-corrected chi connectivity index (χ1v) is 10.1. The standard InChI is InChI=1S/C21H24N2O6S/c1-27-12-11-22-20(25)14-30-18-10-6-3-7-15(18)21(26)29-13-19(24)23-16-8-4-5-9-17(16)28-2/h3-10H,11-14H2,1-2H3,(H,22,25)(H,23,24). The van der Waals surface area contributed by atoms with Gasteiger partial charge in [-0.2, -0.15) is 0 Å². The van der Waals surface area contributed by atoms with Crippen molar-refractivity contribution in [2.24, 2.45) is 0 Å². The fraction of sp³-hybridized carbons (Fsp3) is 0.286. The third-order valence-corrected chi connectivity index (χ3v) is 4.88. The van der Waals surface area contributed by atoms with Crippen LogP contribution in [0.15, 0.2) is 53.4 Å². The normalized spacial score (nSPS) is 10.2. The van der Waals surface area contributed by atoms with Crippen LogP contribution < -0.4 is 15.4 Å². The molecule has 0 aromatic heterocycles. The van der Waals surface area contributed by atoms with Crippen molar-refractivity contribution in [1.29, 1.82) is 0 Å². The Morgan fingerprint density at radius 3 is 2.47 bits per heavy atom. The van der Waals surface area contributed by atoms with E-state index in [1.165, 1.54) is 18.9 Å². The number of thioether (sulfide) groups is 1. The molecule has 8 nitrogen and oxygen atoms in total. The molecule has 0 atom stereocenters. The Morgan fingerprint density at radius 2 is 1.70 bits per heavy atom. The number of rotatable bonds is 11. The van der Waals surface area contributed by atoms with E-state index >= 15 is 0 Å². The number of benzene rings is 2. The highest BCUT2D eigenvalue weighted by Crippen LogP contribution is 2.24. The molecule has 30 heavy (non-hydrogen) atoms. The summed E-state index contributed by atoms with van der Waals surface area (Å²) < 4.78 is 15.2. The number of ether oxygens (including phenoxy) is 3. The molecule has 0 spiro atoms. The maximum absolute atomic E-state index is 12.4. The predicted molar refractivity (Wildman–Crippen MR) is 114 cm³/mol. The van der Waals surface area contributed by atoms with E-state index in [-0.39, 0.29) is 17.2 Å². The number of amides is 2. The molecule has 0 fully saturated rings. The van der Waals surface area contributed by atoms with Crippen LogP contribution in [0.2, 0.25) is 0 Å². The molecule has 9 heteroatoms. The zero-order chi connectivity index (χ0) is 21.8. The van der Waals surface area contributed by atoms with Gasteiger partial charge >= 0.3 is 5.97 Å². The lowest BCUT2D eigenvalue weighted by Crippen LogP contribution is -2.28. The summed E-state index contributed by atoms with van der Waals surface area (Å²) in [7, 11) is 3.05. The number of para-hydroxylation sites is 2. The summed E-state index contributed by atoms with van der Waals surface area (Å²) >= 11 is 1.21. The first kappa shape index (κ1) is 23.2. The average molecular weight is 432 g/mol. The molecule has 2 rings (SSSR count). The minimum Gasteiger partial charge on any atom is -0.495 e. The van der Waals surface area contributed by atoms with Crippen LogP contribution in [0.5, 0.6) is 5.75 Å². The summed E-state index contributed by atoms with van der Waals surface area (Å²) in [6.07, 6.45) is 0. The predicted octanol–water partition coefficient (Wildman–Crippen LogP) is 2.35. The zero-order valence-corrected chi connectivity index (χ0v) is 17.6. The number of hydrogen-bond acceptors (Lipinski definition) is 7. The van der Waals surface area contributed by atoms with Gasteiger partial charge in [0.05, 0.1) is 30.7 Å². The van der Waals surface area contributed by atoms with Gasteiger partial charge in [0, 0.05) is 18.6 Å². The molecule has 0 aliphatic heterocycles. The number of methoxy groups -OCH3 is 2. The van der Waals surface area contributed by atoms with E-state index in [0.29, 0.717) is 29.5 Å². The Bertz CT molecular complexity index is 874. The molecule has 160 valence electrons. The lowest BCUT2D eigenvalue weighted by molar-refractivity contribution is -0.119. The van der Waals surface area contributed by atoms with Gasteiger partial charge in [-0.15, -0.1) is 11.8 Å². The smallest absolute Gasteiger partial charge is 0.339 e. The second-order valence-electron chi connectivity index (χ2n) is 5.95. The van der Waals surface area contributed by atoms with Crippen LogP contribution in [-0.4, -0.2) is 57.5 Å². The van der Waals surface area contributed by atoms with Gasteiger partial charge in [0.2, 0.25) is 5.91 Å². The number of nitrogens with one attached hydrogen (secondary N) is 2. The van der Waals surface area contributed by atoms with Crippen molar-refractivity contribution in [3.05, 3.63) is 54.1 Å². The summed E-state index contributed by atoms with van der Waals surface area (Å²) in [6, 6.07) is 13.7. The van der Waals surface area contributed by atoms with Crippen molar-refractivity contribution in [2.75, 3.05) is 45.0 Å². The summed E-state index contributed by atoms with van der Waals surface area (Å²) in [5.41, 5.74) is 0.772. The van der Waals surface area contributed by atoms with Gasteiger partial charge in [0.1, 0.15) is 5.75 Å². The molecular weight excluding hydrogens is 408 g/mol. The average Bonchev–Trinajstić information content (AvgIpc) is 2.77. The summed E-state index contributed by atoms with van der Waals surface area (Å²) in [5.74, 6) is -0.662. The molecule has 0 heterocycles. The molecule has 0 aliphatic carbocycles. The highest BCUT2D eigenvalue weighted by molar-refractivity contribution is 8.00. The van der Waals surface area contributed by atoms with Crippen molar-refractivity contribution >= 4 is 35.2 Å². The van der Waals surface area contributed by atoms with Gasteiger partial charge in [-0.1, -0.05) is 24.3 Å². The first-order chi connectivity index (χ1) is 14.5. The minimum atomic E-state index is -0.645. The van der Waals surface area contributed by atoms with E-state index in [2.05, 4.69) is 10.6 Å². The van der Waals surface area contributed by atoms with Crippen LogP contribution in [0.4, 0.5) is 5.69 Å². The zero-order valence-electron chi connectivity index (χ0n) is 16.8. The summed E-state index contributed by atoms with van der Waals surface area (Å²) in [5, 5.41) is 5.35. The molecule has 2 amide bonds. The van der Waals surface area contributed by atoms with E-state index in [1.807, 2.05) is 0 Å². The molecule has 2 aromatic rings. The number of anilines is 1. The molecule has 0 saturated heterocycles. The monoisotopic (exact) mass is 432 g/mol. The van der Waals surface area contributed by atoms with Gasteiger partial charge < -0.3 is 24.8 Å². The molecular formula is C21H24N2O6S. The number of esters is 1. The first-order valence-electron chi connectivity index (χ1n) is 9.12. The molecule has 2 N–H and O–H groups in total. The van der Waals surface area contributed by atoms with Crippen molar-refractivity contribution in [3.63, 3.8) is 0 Å². The number of hydrogen-bond donors (Lipinski definition) is 2. The van der Waals surface area contributed by atoms with Crippen LogP contribution in [0.3, 0.4) is 0 Å². The molecule has 0 radical (unpaired) electrons. The molecule has 0 bridgehead atoms. The second-order valence-corrected chi connectivity index (χ2v) is 6.97. The topological polar surface area (TPSA) is 103 Å².